The predicted molar refractivity (Wildman–Crippen MR) is 94.3 cm³/mol. The van der Waals surface area contributed by atoms with Crippen LogP contribution in [0.5, 0.6) is 5.75 Å². The molecule has 6 heteroatoms. The standard InChI is InChI=1S/C18H20N2O3S/c1-24(21,22)17-10-5-2-7-14(17)13-23-16-9-4-3-8-15(16)18-19-11-6-12-20-18/h2-5,7-10H,6,11-13H2,1H3,(H,19,20). The van der Waals surface area contributed by atoms with E-state index in [0.717, 1.165) is 30.9 Å². The van der Waals surface area contributed by atoms with E-state index in [1.807, 2.05) is 30.3 Å². The zero-order valence-electron chi connectivity index (χ0n) is 13.5. The van der Waals surface area contributed by atoms with Crippen molar-refractivity contribution in [2.45, 2.75) is 17.9 Å². The molecule has 0 saturated carbocycles. The van der Waals surface area contributed by atoms with Gasteiger partial charge in [0, 0.05) is 24.9 Å². The highest BCUT2D eigenvalue weighted by molar-refractivity contribution is 7.90. The van der Waals surface area contributed by atoms with Crippen LogP contribution in [0.4, 0.5) is 0 Å². The third kappa shape index (κ3) is 3.76. The van der Waals surface area contributed by atoms with Crippen LogP contribution >= 0.6 is 0 Å². The van der Waals surface area contributed by atoms with Crippen LogP contribution in [0.25, 0.3) is 0 Å². The number of ether oxygens (including phenoxy) is 1. The number of para-hydroxylation sites is 1. The van der Waals surface area contributed by atoms with Gasteiger partial charge in [0.15, 0.2) is 9.84 Å². The zero-order valence-corrected chi connectivity index (χ0v) is 14.3. The molecular formula is C18H20N2O3S. The number of nitrogens with one attached hydrogen (secondary N) is 1. The van der Waals surface area contributed by atoms with Crippen molar-refractivity contribution in [2.75, 3.05) is 19.3 Å². The first kappa shape index (κ1) is 16.5. The fourth-order valence-electron chi connectivity index (χ4n) is 2.64. The van der Waals surface area contributed by atoms with Crippen molar-refractivity contribution >= 4 is 15.7 Å². The van der Waals surface area contributed by atoms with Gasteiger partial charge in [0.1, 0.15) is 18.2 Å². The predicted octanol–water partition coefficient (Wildman–Crippen LogP) is 2.41. The minimum absolute atomic E-state index is 0.188. The molecule has 0 aromatic heterocycles. The summed E-state index contributed by atoms with van der Waals surface area (Å²) in [6, 6.07) is 14.6. The van der Waals surface area contributed by atoms with Crippen LogP contribution < -0.4 is 10.1 Å². The number of hydrogen-bond acceptors (Lipinski definition) is 5. The molecule has 1 aliphatic heterocycles. The maximum Gasteiger partial charge on any atom is 0.175 e. The molecule has 0 radical (unpaired) electrons. The summed E-state index contributed by atoms with van der Waals surface area (Å²) >= 11 is 0. The molecule has 0 bridgehead atoms. The van der Waals surface area contributed by atoms with Gasteiger partial charge in [-0.15, -0.1) is 0 Å². The second-order valence-corrected chi connectivity index (χ2v) is 7.66. The van der Waals surface area contributed by atoms with E-state index in [0.29, 0.717) is 16.2 Å². The third-order valence-electron chi connectivity index (χ3n) is 3.79. The van der Waals surface area contributed by atoms with Gasteiger partial charge in [-0.3, -0.25) is 4.99 Å². The van der Waals surface area contributed by atoms with Crippen LogP contribution in [0.1, 0.15) is 17.5 Å². The summed E-state index contributed by atoms with van der Waals surface area (Å²) in [6.07, 6.45) is 2.23. The minimum atomic E-state index is -3.28. The summed E-state index contributed by atoms with van der Waals surface area (Å²) in [6.45, 7) is 1.88. The normalized spacial score (nSPS) is 14.6. The number of sulfone groups is 1. The van der Waals surface area contributed by atoms with Crippen molar-refractivity contribution in [3.05, 3.63) is 59.7 Å². The molecular weight excluding hydrogens is 324 g/mol. The number of hydrogen-bond donors (Lipinski definition) is 1. The Morgan fingerprint density at radius 1 is 1.12 bits per heavy atom. The lowest BCUT2D eigenvalue weighted by Crippen LogP contribution is -2.30. The highest BCUT2D eigenvalue weighted by Crippen LogP contribution is 2.22. The molecule has 2 aromatic carbocycles. The van der Waals surface area contributed by atoms with Crippen LogP contribution in [0, 0.1) is 0 Å². The first-order chi connectivity index (χ1) is 11.6. The lowest BCUT2D eigenvalue weighted by molar-refractivity contribution is 0.302. The lowest BCUT2D eigenvalue weighted by Gasteiger charge is -2.18. The van der Waals surface area contributed by atoms with Crippen molar-refractivity contribution in [1.82, 2.24) is 5.32 Å². The van der Waals surface area contributed by atoms with Gasteiger partial charge < -0.3 is 10.1 Å². The first-order valence-electron chi connectivity index (χ1n) is 7.84. The summed E-state index contributed by atoms with van der Waals surface area (Å²) in [4.78, 5) is 4.80. The maximum absolute atomic E-state index is 11.9. The second-order valence-electron chi connectivity index (χ2n) is 5.68. The highest BCUT2D eigenvalue weighted by atomic mass is 32.2. The number of rotatable bonds is 5. The van der Waals surface area contributed by atoms with E-state index in [2.05, 4.69) is 10.3 Å². The Bertz CT molecular complexity index is 860. The van der Waals surface area contributed by atoms with Gasteiger partial charge in [-0.25, -0.2) is 8.42 Å². The summed E-state index contributed by atoms with van der Waals surface area (Å²) in [5.74, 6) is 1.52. The molecule has 0 atom stereocenters. The molecule has 0 saturated heterocycles. The van der Waals surface area contributed by atoms with E-state index in [4.69, 9.17) is 4.74 Å². The fraction of sp³-hybridized carbons (Fsp3) is 0.278. The molecule has 0 unspecified atom stereocenters. The van der Waals surface area contributed by atoms with Gasteiger partial charge in [-0.05, 0) is 24.6 Å². The molecule has 2 aromatic rings. The van der Waals surface area contributed by atoms with E-state index < -0.39 is 9.84 Å². The van der Waals surface area contributed by atoms with E-state index in [1.165, 1.54) is 6.26 Å². The SMILES string of the molecule is CS(=O)(=O)c1ccccc1COc1ccccc1C1=NCCCN1. The molecule has 3 rings (SSSR count). The Hall–Kier alpha value is -2.34. The van der Waals surface area contributed by atoms with Gasteiger partial charge in [-0.2, -0.15) is 0 Å². The summed E-state index contributed by atoms with van der Waals surface area (Å²) in [5.41, 5.74) is 1.54. The van der Waals surface area contributed by atoms with Crippen molar-refractivity contribution in [3.8, 4) is 5.75 Å². The largest absolute Gasteiger partial charge is 0.488 e. The molecule has 1 heterocycles. The maximum atomic E-state index is 11.9. The van der Waals surface area contributed by atoms with E-state index >= 15 is 0 Å². The van der Waals surface area contributed by atoms with Crippen LogP contribution in [0.3, 0.4) is 0 Å². The average Bonchev–Trinajstić information content (AvgIpc) is 2.60. The summed E-state index contributed by atoms with van der Waals surface area (Å²) in [7, 11) is -3.28. The van der Waals surface area contributed by atoms with E-state index in [-0.39, 0.29) is 6.61 Å². The Morgan fingerprint density at radius 2 is 1.88 bits per heavy atom. The number of amidine groups is 1. The van der Waals surface area contributed by atoms with Crippen LogP contribution in [0.15, 0.2) is 58.4 Å². The van der Waals surface area contributed by atoms with E-state index in [9.17, 15) is 8.42 Å². The number of aliphatic imine (C=N–C) groups is 1. The summed E-state index contributed by atoms with van der Waals surface area (Å²) < 4.78 is 29.7. The van der Waals surface area contributed by atoms with Gasteiger partial charge in [-0.1, -0.05) is 30.3 Å². The quantitative estimate of drug-likeness (QED) is 0.904. The second kappa shape index (κ2) is 7.05. The molecule has 1 N–H and O–H groups in total. The first-order valence-corrected chi connectivity index (χ1v) is 9.73. The van der Waals surface area contributed by atoms with Gasteiger partial charge >= 0.3 is 0 Å². The zero-order chi connectivity index (χ0) is 17.0. The van der Waals surface area contributed by atoms with Gasteiger partial charge in [0.05, 0.1) is 10.5 Å². The van der Waals surface area contributed by atoms with Gasteiger partial charge in [0.25, 0.3) is 0 Å². The van der Waals surface area contributed by atoms with Crippen molar-refractivity contribution in [2.24, 2.45) is 4.99 Å². The van der Waals surface area contributed by atoms with Crippen molar-refractivity contribution in [1.29, 1.82) is 0 Å². The molecule has 1 aliphatic rings. The molecule has 5 nitrogen and oxygen atoms in total. The van der Waals surface area contributed by atoms with Gasteiger partial charge in [0.2, 0.25) is 0 Å². The topological polar surface area (TPSA) is 67.8 Å². The molecule has 0 amide bonds. The smallest absolute Gasteiger partial charge is 0.175 e. The van der Waals surface area contributed by atoms with Crippen LogP contribution in [-0.4, -0.2) is 33.6 Å². The lowest BCUT2D eigenvalue weighted by atomic mass is 10.1. The van der Waals surface area contributed by atoms with Crippen LogP contribution in [-0.2, 0) is 16.4 Å². The fourth-order valence-corrected chi connectivity index (χ4v) is 3.57. The monoisotopic (exact) mass is 344 g/mol. The molecule has 0 spiro atoms. The van der Waals surface area contributed by atoms with Crippen LogP contribution in [0.2, 0.25) is 0 Å². The summed E-state index contributed by atoms with van der Waals surface area (Å²) in [5, 5.41) is 3.28. The molecule has 24 heavy (non-hydrogen) atoms. The average molecular weight is 344 g/mol. The molecule has 126 valence electrons. The molecule has 0 aliphatic carbocycles. The number of benzene rings is 2. The van der Waals surface area contributed by atoms with Crippen molar-refractivity contribution < 1.29 is 13.2 Å². The van der Waals surface area contributed by atoms with Crippen molar-refractivity contribution in [3.63, 3.8) is 0 Å². The van der Waals surface area contributed by atoms with E-state index in [1.54, 1.807) is 18.2 Å². The number of nitrogens with zero attached hydrogens (tertiary/aromatic N) is 1. The third-order valence-corrected chi connectivity index (χ3v) is 4.99. The Morgan fingerprint density at radius 3 is 2.62 bits per heavy atom. The Labute approximate surface area is 142 Å². The Balaban J connectivity index is 1.85. The Kier molecular flexibility index (Phi) is 4.85. The minimum Gasteiger partial charge on any atom is -0.488 e. The highest BCUT2D eigenvalue weighted by Gasteiger charge is 2.15. The molecule has 0 fully saturated rings.